The number of rotatable bonds is 3. The fourth-order valence-electron chi connectivity index (χ4n) is 3.31. The third kappa shape index (κ3) is 2.90. The first-order valence-corrected chi connectivity index (χ1v) is 7.39. The van der Waals surface area contributed by atoms with Gasteiger partial charge < -0.3 is 10.4 Å². The molecule has 0 spiro atoms. The van der Waals surface area contributed by atoms with Crippen LogP contribution in [0.4, 0.5) is 0 Å². The number of aromatic carboxylic acids is 1. The van der Waals surface area contributed by atoms with E-state index in [9.17, 15) is 9.59 Å². The normalized spacial score (nSPS) is 25.3. The molecule has 2 unspecified atom stereocenters. The van der Waals surface area contributed by atoms with Gasteiger partial charge in [0.05, 0.1) is 5.56 Å². The van der Waals surface area contributed by atoms with Gasteiger partial charge in [-0.05, 0) is 37.9 Å². The number of carbonyl (C=O) groups is 2. The minimum atomic E-state index is -1.04. The van der Waals surface area contributed by atoms with Crippen molar-refractivity contribution in [2.45, 2.75) is 37.8 Å². The quantitative estimate of drug-likeness (QED) is 0.872. The molecule has 1 aromatic rings. The molecule has 6 nitrogen and oxygen atoms in total. The van der Waals surface area contributed by atoms with Crippen LogP contribution in [-0.4, -0.2) is 52.0 Å². The lowest BCUT2D eigenvalue weighted by atomic mass is 9.99. The first-order chi connectivity index (χ1) is 10.1. The number of hydrogen-bond acceptors (Lipinski definition) is 4. The van der Waals surface area contributed by atoms with Crippen LogP contribution in [0.5, 0.6) is 0 Å². The molecule has 2 aliphatic heterocycles. The highest BCUT2D eigenvalue weighted by Gasteiger charge is 2.36. The van der Waals surface area contributed by atoms with Crippen molar-refractivity contribution in [1.29, 1.82) is 0 Å². The van der Waals surface area contributed by atoms with Gasteiger partial charge >= 0.3 is 5.97 Å². The van der Waals surface area contributed by atoms with Crippen molar-refractivity contribution in [1.82, 2.24) is 15.2 Å². The Morgan fingerprint density at radius 2 is 2.10 bits per heavy atom. The third-order valence-electron chi connectivity index (χ3n) is 4.42. The molecule has 3 rings (SSSR count). The Bertz CT molecular complexity index is 544. The molecule has 1 amide bonds. The number of fused-ring (bicyclic) bond motifs is 1. The maximum absolute atomic E-state index is 12.2. The van der Waals surface area contributed by atoms with Gasteiger partial charge in [-0.3, -0.25) is 14.7 Å². The highest BCUT2D eigenvalue weighted by molar-refractivity contribution is 5.94. The summed E-state index contributed by atoms with van der Waals surface area (Å²) >= 11 is 0. The number of carboxylic acids is 1. The van der Waals surface area contributed by atoms with Gasteiger partial charge in [0.1, 0.15) is 5.69 Å². The molecule has 3 heterocycles. The van der Waals surface area contributed by atoms with E-state index in [2.05, 4.69) is 15.2 Å². The zero-order valence-electron chi connectivity index (χ0n) is 11.8. The molecule has 0 saturated carbocycles. The highest BCUT2D eigenvalue weighted by Crippen LogP contribution is 2.27. The molecule has 0 aromatic carbocycles. The number of carboxylic acid groups (broad SMARTS) is 1. The van der Waals surface area contributed by atoms with Gasteiger partial charge in [-0.15, -0.1) is 0 Å². The number of amides is 1. The molecule has 2 fully saturated rings. The summed E-state index contributed by atoms with van der Waals surface area (Å²) in [5, 5.41) is 11.9. The third-order valence-corrected chi connectivity index (χ3v) is 4.42. The summed E-state index contributed by atoms with van der Waals surface area (Å²) < 4.78 is 0. The highest BCUT2D eigenvalue weighted by atomic mass is 16.4. The van der Waals surface area contributed by atoms with Gasteiger partial charge in [-0.25, -0.2) is 4.79 Å². The molecule has 0 bridgehead atoms. The van der Waals surface area contributed by atoms with E-state index in [1.807, 2.05) is 0 Å². The van der Waals surface area contributed by atoms with E-state index in [1.54, 1.807) is 0 Å². The van der Waals surface area contributed by atoms with E-state index < -0.39 is 5.97 Å². The van der Waals surface area contributed by atoms with Gasteiger partial charge in [0.2, 0.25) is 0 Å². The van der Waals surface area contributed by atoms with Crippen LogP contribution in [0.3, 0.4) is 0 Å². The second kappa shape index (κ2) is 5.81. The van der Waals surface area contributed by atoms with Gasteiger partial charge in [-0.2, -0.15) is 0 Å². The second-order valence-electron chi connectivity index (χ2n) is 5.70. The smallest absolute Gasteiger partial charge is 0.337 e. The zero-order chi connectivity index (χ0) is 14.8. The van der Waals surface area contributed by atoms with Crippen molar-refractivity contribution in [2.75, 3.05) is 13.1 Å². The molecular formula is C15H19N3O3. The number of nitrogens with one attached hydrogen (secondary N) is 1. The van der Waals surface area contributed by atoms with Crippen molar-refractivity contribution < 1.29 is 14.7 Å². The summed E-state index contributed by atoms with van der Waals surface area (Å²) in [5.41, 5.74) is 0.361. The average Bonchev–Trinajstić information content (AvgIpc) is 2.91. The van der Waals surface area contributed by atoms with Crippen molar-refractivity contribution in [2.24, 2.45) is 0 Å². The van der Waals surface area contributed by atoms with Crippen molar-refractivity contribution in [3.63, 3.8) is 0 Å². The maximum Gasteiger partial charge on any atom is 0.337 e. The molecule has 21 heavy (non-hydrogen) atoms. The zero-order valence-corrected chi connectivity index (χ0v) is 11.8. The number of aromatic nitrogens is 1. The number of hydrogen-bond donors (Lipinski definition) is 2. The summed E-state index contributed by atoms with van der Waals surface area (Å²) in [6, 6.07) is 3.50. The summed E-state index contributed by atoms with van der Waals surface area (Å²) in [7, 11) is 0. The average molecular weight is 289 g/mol. The Balaban J connectivity index is 1.64. The molecule has 6 heteroatoms. The Morgan fingerprint density at radius 3 is 2.81 bits per heavy atom. The van der Waals surface area contributed by atoms with E-state index in [0.717, 1.165) is 25.9 Å². The van der Waals surface area contributed by atoms with Crippen molar-refractivity contribution in [3.05, 3.63) is 29.6 Å². The number of piperidine rings is 1. The fraction of sp³-hybridized carbons (Fsp3) is 0.533. The predicted octanol–water partition coefficient (Wildman–Crippen LogP) is 1.14. The monoisotopic (exact) mass is 289 g/mol. The number of nitrogens with zero attached hydrogens (tertiary/aromatic N) is 2. The van der Waals surface area contributed by atoms with Crippen molar-refractivity contribution >= 4 is 11.9 Å². The Labute approximate surface area is 123 Å². The van der Waals surface area contributed by atoms with E-state index in [4.69, 9.17) is 5.11 Å². The van der Waals surface area contributed by atoms with Crippen LogP contribution in [-0.2, 0) is 0 Å². The minimum Gasteiger partial charge on any atom is -0.478 e. The van der Waals surface area contributed by atoms with Gasteiger partial charge in [0, 0.05) is 24.8 Å². The van der Waals surface area contributed by atoms with Crippen molar-refractivity contribution in [3.8, 4) is 0 Å². The Kier molecular flexibility index (Phi) is 3.88. The first-order valence-electron chi connectivity index (χ1n) is 7.39. The van der Waals surface area contributed by atoms with E-state index in [-0.39, 0.29) is 23.2 Å². The topological polar surface area (TPSA) is 82.5 Å². The number of carbonyl (C=O) groups excluding carboxylic acids is 1. The molecule has 2 aliphatic rings. The SMILES string of the molecule is O=C(O)c1ccc(C(=O)NC2CCN3CCCCC23)nc1. The second-order valence-corrected chi connectivity index (χ2v) is 5.70. The summed E-state index contributed by atoms with van der Waals surface area (Å²) in [5.74, 6) is -1.26. The van der Waals surface area contributed by atoms with Crippen LogP contribution in [0, 0.1) is 0 Å². The van der Waals surface area contributed by atoms with E-state index in [1.165, 1.54) is 31.2 Å². The largest absolute Gasteiger partial charge is 0.478 e. The molecule has 0 aliphatic carbocycles. The predicted molar refractivity (Wildman–Crippen MR) is 76.3 cm³/mol. The lowest BCUT2D eigenvalue weighted by molar-refractivity contribution is 0.0695. The molecular weight excluding hydrogens is 270 g/mol. The maximum atomic E-state index is 12.2. The number of pyridine rings is 1. The molecule has 0 radical (unpaired) electrons. The molecule has 2 saturated heterocycles. The van der Waals surface area contributed by atoms with Crippen LogP contribution >= 0.6 is 0 Å². The lowest BCUT2D eigenvalue weighted by Crippen LogP contribution is -2.46. The van der Waals surface area contributed by atoms with Crippen LogP contribution in [0.25, 0.3) is 0 Å². The summed E-state index contributed by atoms with van der Waals surface area (Å²) in [6.07, 6.45) is 5.80. The van der Waals surface area contributed by atoms with Crippen LogP contribution in [0.15, 0.2) is 18.3 Å². The first kappa shape index (κ1) is 14.0. The molecule has 2 N–H and O–H groups in total. The van der Waals surface area contributed by atoms with Gasteiger partial charge in [0.25, 0.3) is 5.91 Å². The van der Waals surface area contributed by atoms with Crippen LogP contribution in [0.2, 0.25) is 0 Å². The molecule has 1 aromatic heterocycles. The molecule has 112 valence electrons. The molecule has 2 atom stereocenters. The summed E-state index contributed by atoms with van der Waals surface area (Å²) in [6.45, 7) is 2.17. The van der Waals surface area contributed by atoms with Crippen LogP contribution < -0.4 is 5.32 Å². The van der Waals surface area contributed by atoms with E-state index >= 15 is 0 Å². The Morgan fingerprint density at radius 1 is 1.24 bits per heavy atom. The van der Waals surface area contributed by atoms with E-state index in [0.29, 0.717) is 6.04 Å². The Hall–Kier alpha value is -1.95. The lowest BCUT2D eigenvalue weighted by Gasteiger charge is -2.32. The fourth-order valence-corrected chi connectivity index (χ4v) is 3.31. The van der Waals surface area contributed by atoms with Gasteiger partial charge in [-0.1, -0.05) is 6.42 Å². The standard InChI is InChI=1S/C15H19N3O3/c19-14(12-5-4-10(9-16-12)15(20)21)17-11-6-8-18-7-2-1-3-13(11)18/h4-5,9,11,13H,1-3,6-8H2,(H,17,19)(H,20,21). The minimum absolute atomic E-state index is 0.0888. The van der Waals surface area contributed by atoms with Gasteiger partial charge in [0.15, 0.2) is 0 Å². The van der Waals surface area contributed by atoms with Crippen LogP contribution in [0.1, 0.15) is 46.5 Å². The summed E-state index contributed by atoms with van der Waals surface area (Å²) in [4.78, 5) is 29.4.